The lowest BCUT2D eigenvalue weighted by Crippen LogP contribution is -2.49. The molecule has 1 aliphatic heterocycles. The van der Waals surface area contributed by atoms with Crippen molar-refractivity contribution in [1.29, 1.82) is 5.26 Å². The molecule has 0 N–H and O–H groups in total. The molecule has 17 heavy (non-hydrogen) atoms. The molecular formula is C12H18N4S. The van der Waals surface area contributed by atoms with Gasteiger partial charge in [-0.15, -0.1) is 11.3 Å². The number of hydrogen-bond donors (Lipinski definition) is 0. The number of nitriles is 1. The second kappa shape index (κ2) is 6.10. The van der Waals surface area contributed by atoms with Gasteiger partial charge in [0.05, 0.1) is 18.7 Å². The van der Waals surface area contributed by atoms with Crippen LogP contribution in [0.5, 0.6) is 0 Å². The van der Waals surface area contributed by atoms with Crippen LogP contribution in [0.1, 0.15) is 18.4 Å². The Kier molecular flexibility index (Phi) is 4.49. The maximum absolute atomic E-state index is 9.04. The van der Waals surface area contributed by atoms with E-state index >= 15 is 0 Å². The molecule has 0 spiro atoms. The minimum atomic E-state index is 0.0945. The number of thiazole rings is 1. The first kappa shape index (κ1) is 12.5. The molecule has 0 amide bonds. The van der Waals surface area contributed by atoms with E-state index in [0.717, 1.165) is 39.1 Å². The third-order valence-corrected chi connectivity index (χ3v) is 3.99. The van der Waals surface area contributed by atoms with Gasteiger partial charge in [-0.1, -0.05) is 6.92 Å². The van der Waals surface area contributed by atoms with Gasteiger partial charge in [0.1, 0.15) is 5.01 Å². The van der Waals surface area contributed by atoms with Crippen molar-refractivity contribution >= 4 is 11.3 Å². The Morgan fingerprint density at radius 2 is 2.24 bits per heavy atom. The summed E-state index contributed by atoms with van der Waals surface area (Å²) in [5.74, 6) is 0. The molecule has 0 aliphatic carbocycles. The summed E-state index contributed by atoms with van der Waals surface area (Å²) >= 11 is 1.71. The van der Waals surface area contributed by atoms with Crippen LogP contribution >= 0.6 is 11.3 Å². The Hall–Kier alpha value is -0.960. The highest BCUT2D eigenvalue weighted by molar-refractivity contribution is 7.09. The van der Waals surface area contributed by atoms with E-state index in [0.29, 0.717) is 0 Å². The van der Waals surface area contributed by atoms with Gasteiger partial charge in [0.15, 0.2) is 0 Å². The summed E-state index contributed by atoms with van der Waals surface area (Å²) in [4.78, 5) is 9.01. The molecule has 0 aromatic carbocycles. The van der Waals surface area contributed by atoms with Gasteiger partial charge in [-0.25, -0.2) is 4.98 Å². The van der Waals surface area contributed by atoms with E-state index in [1.165, 1.54) is 5.01 Å². The van der Waals surface area contributed by atoms with Crippen molar-refractivity contribution in [3.8, 4) is 6.07 Å². The Morgan fingerprint density at radius 3 is 2.76 bits per heavy atom. The average molecular weight is 250 g/mol. The molecule has 1 fully saturated rings. The summed E-state index contributed by atoms with van der Waals surface area (Å²) in [6, 6.07) is 2.47. The van der Waals surface area contributed by atoms with Crippen LogP contribution in [0.2, 0.25) is 0 Å². The van der Waals surface area contributed by atoms with E-state index in [1.54, 1.807) is 11.3 Å². The molecule has 4 nitrogen and oxygen atoms in total. The molecule has 0 radical (unpaired) electrons. The average Bonchev–Trinajstić information content (AvgIpc) is 2.86. The smallest absolute Gasteiger partial charge is 0.107 e. The molecule has 0 saturated carbocycles. The second-order valence-electron chi connectivity index (χ2n) is 4.29. The summed E-state index contributed by atoms with van der Waals surface area (Å²) in [6.45, 7) is 7.11. The Bertz CT molecular complexity index is 362. The Morgan fingerprint density at radius 1 is 1.47 bits per heavy atom. The molecule has 1 aromatic rings. The van der Waals surface area contributed by atoms with Crippen molar-refractivity contribution in [3.63, 3.8) is 0 Å². The third kappa shape index (κ3) is 3.25. The molecule has 1 aliphatic rings. The second-order valence-corrected chi connectivity index (χ2v) is 5.27. The zero-order valence-corrected chi connectivity index (χ0v) is 11.0. The molecule has 1 unspecified atom stereocenters. The van der Waals surface area contributed by atoms with Crippen molar-refractivity contribution < 1.29 is 0 Å². The van der Waals surface area contributed by atoms with E-state index in [9.17, 15) is 0 Å². The molecule has 2 heterocycles. The monoisotopic (exact) mass is 250 g/mol. The van der Waals surface area contributed by atoms with Crippen molar-refractivity contribution in [2.24, 2.45) is 0 Å². The SMILES string of the molecule is CCC(C#N)N1CCN(Cc2nccs2)CC1. The molecule has 5 heteroatoms. The number of piperazine rings is 1. The molecule has 1 atom stereocenters. The normalized spacial score (nSPS) is 20.0. The van der Waals surface area contributed by atoms with Gasteiger partial charge in [-0.2, -0.15) is 5.26 Å². The quantitative estimate of drug-likeness (QED) is 0.813. The van der Waals surface area contributed by atoms with E-state index in [1.807, 2.05) is 11.6 Å². The van der Waals surface area contributed by atoms with Crippen LogP contribution in [0.25, 0.3) is 0 Å². The maximum Gasteiger partial charge on any atom is 0.107 e. The van der Waals surface area contributed by atoms with Gasteiger partial charge < -0.3 is 0 Å². The van der Waals surface area contributed by atoms with Crippen LogP contribution in [0.3, 0.4) is 0 Å². The number of rotatable bonds is 4. The van der Waals surface area contributed by atoms with E-state index in [-0.39, 0.29) is 6.04 Å². The number of aromatic nitrogens is 1. The number of hydrogen-bond acceptors (Lipinski definition) is 5. The summed E-state index contributed by atoms with van der Waals surface area (Å²) in [6.07, 6.45) is 2.78. The maximum atomic E-state index is 9.04. The third-order valence-electron chi connectivity index (χ3n) is 3.23. The standard InChI is InChI=1S/C12H18N4S/c1-2-11(9-13)16-6-4-15(5-7-16)10-12-14-3-8-17-12/h3,8,11H,2,4-7,10H2,1H3. The van der Waals surface area contributed by atoms with Crippen LogP contribution in [0, 0.1) is 11.3 Å². The fraction of sp³-hybridized carbons (Fsp3) is 0.667. The highest BCUT2D eigenvalue weighted by atomic mass is 32.1. The summed E-state index contributed by atoms with van der Waals surface area (Å²) in [5.41, 5.74) is 0. The van der Waals surface area contributed by atoms with Gasteiger partial charge in [0.2, 0.25) is 0 Å². The molecule has 1 aromatic heterocycles. The minimum Gasteiger partial charge on any atom is -0.294 e. The van der Waals surface area contributed by atoms with Crippen LogP contribution in [0.4, 0.5) is 0 Å². The topological polar surface area (TPSA) is 43.2 Å². The molecule has 0 bridgehead atoms. The van der Waals surface area contributed by atoms with Gasteiger partial charge in [-0.05, 0) is 6.42 Å². The lowest BCUT2D eigenvalue weighted by atomic mass is 10.2. The highest BCUT2D eigenvalue weighted by Gasteiger charge is 2.22. The summed E-state index contributed by atoms with van der Waals surface area (Å²) in [5, 5.41) is 12.2. The summed E-state index contributed by atoms with van der Waals surface area (Å²) < 4.78 is 0. The Labute approximate surface area is 106 Å². The van der Waals surface area contributed by atoms with Crippen molar-refractivity contribution in [3.05, 3.63) is 16.6 Å². The van der Waals surface area contributed by atoms with Crippen LogP contribution in [0.15, 0.2) is 11.6 Å². The Balaban J connectivity index is 1.80. The molecule has 2 rings (SSSR count). The van der Waals surface area contributed by atoms with Crippen molar-refractivity contribution in [1.82, 2.24) is 14.8 Å². The largest absolute Gasteiger partial charge is 0.294 e. The first-order valence-corrected chi connectivity index (χ1v) is 6.96. The van der Waals surface area contributed by atoms with Gasteiger partial charge in [0.25, 0.3) is 0 Å². The lowest BCUT2D eigenvalue weighted by molar-refractivity contribution is 0.108. The van der Waals surface area contributed by atoms with Gasteiger partial charge in [-0.3, -0.25) is 9.80 Å². The van der Waals surface area contributed by atoms with Crippen molar-refractivity contribution in [2.45, 2.75) is 25.9 Å². The van der Waals surface area contributed by atoms with Crippen LogP contribution < -0.4 is 0 Å². The first-order valence-electron chi connectivity index (χ1n) is 6.08. The predicted molar refractivity (Wildman–Crippen MR) is 68.7 cm³/mol. The summed E-state index contributed by atoms with van der Waals surface area (Å²) in [7, 11) is 0. The predicted octanol–water partition coefficient (Wildman–Crippen LogP) is 1.56. The van der Waals surface area contributed by atoms with Crippen LogP contribution in [-0.2, 0) is 6.54 Å². The first-order chi connectivity index (χ1) is 8.33. The zero-order valence-electron chi connectivity index (χ0n) is 10.2. The van der Waals surface area contributed by atoms with Gasteiger partial charge in [0, 0.05) is 37.8 Å². The minimum absolute atomic E-state index is 0.0945. The fourth-order valence-corrected chi connectivity index (χ4v) is 2.84. The van der Waals surface area contributed by atoms with E-state index in [4.69, 9.17) is 5.26 Å². The van der Waals surface area contributed by atoms with Crippen LogP contribution in [-0.4, -0.2) is 47.0 Å². The fourth-order valence-electron chi connectivity index (χ4n) is 2.19. The van der Waals surface area contributed by atoms with E-state index < -0.39 is 0 Å². The van der Waals surface area contributed by atoms with E-state index in [2.05, 4.69) is 27.8 Å². The molecular weight excluding hydrogens is 232 g/mol. The number of nitrogens with zero attached hydrogens (tertiary/aromatic N) is 4. The van der Waals surface area contributed by atoms with Crippen molar-refractivity contribution in [2.75, 3.05) is 26.2 Å². The molecule has 1 saturated heterocycles. The highest BCUT2D eigenvalue weighted by Crippen LogP contribution is 2.13. The lowest BCUT2D eigenvalue weighted by Gasteiger charge is -2.36. The van der Waals surface area contributed by atoms with Gasteiger partial charge >= 0.3 is 0 Å². The zero-order chi connectivity index (χ0) is 12.1. The molecule has 92 valence electrons.